The Morgan fingerprint density at radius 3 is 2.05 bits per heavy atom. The first-order valence-corrected chi connectivity index (χ1v) is 14.7. The summed E-state index contributed by atoms with van der Waals surface area (Å²) in [6, 6.07) is 0. The predicted molar refractivity (Wildman–Crippen MR) is 122 cm³/mol. The number of aliphatic hydroxyl groups is 1. The molecule has 0 spiro atoms. The molecule has 0 saturated heterocycles. The lowest BCUT2D eigenvalue weighted by Gasteiger charge is -2.59. The number of hydrogen-bond donors (Lipinski definition) is 2. The molecule has 0 aliphatic heterocycles. The fourth-order valence-electron chi connectivity index (χ4n) is 9.52. The van der Waals surface area contributed by atoms with E-state index >= 15 is 0 Å². The summed E-state index contributed by atoms with van der Waals surface area (Å²) in [5.41, 5.74) is -2.46. The van der Waals surface area contributed by atoms with Gasteiger partial charge in [0.1, 0.15) is 11.7 Å². The van der Waals surface area contributed by atoms with Gasteiger partial charge in [-0.1, -0.05) is 0 Å². The van der Waals surface area contributed by atoms with Crippen LogP contribution in [0, 0.1) is 35.0 Å². The molecule has 8 aliphatic rings. The first kappa shape index (κ1) is 26.4. The zero-order valence-corrected chi connectivity index (χ0v) is 21.6. The van der Waals surface area contributed by atoms with Crippen LogP contribution < -0.4 is 0 Å². The number of ether oxygens (including phenoxy) is 3. The lowest BCUT2D eigenvalue weighted by molar-refractivity contribution is -0.224. The fraction of sp³-hybridized carbons (Fsp3) is 0.880. The third-order valence-corrected chi connectivity index (χ3v) is 10.9. The number of halogens is 2. The van der Waals surface area contributed by atoms with Gasteiger partial charge in [0.2, 0.25) is 0 Å². The van der Waals surface area contributed by atoms with Crippen molar-refractivity contribution in [2.45, 2.75) is 93.2 Å². The molecule has 8 fully saturated rings. The smallest absolute Gasteiger partial charge is 0.456 e. The van der Waals surface area contributed by atoms with E-state index in [1.165, 1.54) is 0 Å². The zero-order chi connectivity index (χ0) is 27.3. The van der Waals surface area contributed by atoms with Crippen LogP contribution in [-0.2, 0) is 38.7 Å². The van der Waals surface area contributed by atoms with Crippen molar-refractivity contribution in [2.24, 2.45) is 35.0 Å². The van der Waals surface area contributed by atoms with Crippen LogP contribution in [0.25, 0.3) is 0 Å². The highest BCUT2D eigenvalue weighted by atomic mass is 32.2. The highest BCUT2D eigenvalue weighted by molar-refractivity contribution is 7.87. The van der Waals surface area contributed by atoms with Crippen molar-refractivity contribution in [2.75, 3.05) is 6.61 Å². The normalized spacial score (nSPS) is 44.6. The van der Waals surface area contributed by atoms with Crippen LogP contribution in [0.5, 0.6) is 0 Å². The van der Waals surface area contributed by atoms with Crippen LogP contribution >= 0.6 is 0 Å². The van der Waals surface area contributed by atoms with Gasteiger partial charge in [-0.25, -0.2) is 9.59 Å². The summed E-state index contributed by atoms with van der Waals surface area (Å²) in [5, 5.41) is 5.79. The van der Waals surface area contributed by atoms with E-state index in [9.17, 15) is 36.7 Å². The third-order valence-electron chi connectivity index (χ3n) is 10.1. The van der Waals surface area contributed by atoms with Gasteiger partial charge in [-0.05, 0) is 93.8 Å². The molecule has 8 saturated carbocycles. The molecule has 38 heavy (non-hydrogen) atoms. The summed E-state index contributed by atoms with van der Waals surface area (Å²) in [6.45, 7) is -0.560. The molecule has 8 bridgehead atoms. The maximum absolute atomic E-state index is 13.8. The Morgan fingerprint density at radius 2 is 1.50 bits per heavy atom. The van der Waals surface area contributed by atoms with E-state index < -0.39 is 74.4 Å². The summed E-state index contributed by atoms with van der Waals surface area (Å²) in [5.74, 6) is -3.74. The fourth-order valence-corrected chi connectivity index (χ4v) is 9.78. The molecule has 0 aromatic rings. The highest BCUT2D eigenvalue weighted by Gasteiger charge is 2.63. The molecule has 13 heteroatoms. The standard InChI is InChI=1S/C25H32F2O10S/c26-25(27,38(32,33)34)21(30)36-19-16-2-13-3-17(19)10-22(4-13,9-16)20(29)35-11-18(28)37-24-7-14-1-15(8-24)6-23(31,5-14)12-24/h13-17,19,31H,1-12H2,(H,32,33,34). The quantitative estimate of drug-likeness (QED) is 0.269. The van der Waals surface area contributed by atoms with Gasteiger partial charge in [-0.15, -0.1) is 0 Å². The van der Waals surface area contributed by atoms with E-state index in [1.54, 1.807) is 0 Å². The number of alkyl halides is 2. The minimum absolute atomic E-state index is 0.0804. The van der Waals surface area contributed by atoms with Gasteiger partial charge in [0.05, 0.1) is 11.0 Å². The van der Waals surface area contributed by atoms with Gasteiger partial charge in [-0.2, -0.15) is 17.2 Å². The second-order valence-electron chi connectivity index (χ2n) is 13.0. The largest absolute Gasteiger partial charge is 0.465 e. The van der Waals surface area contributed by atoms with Crippen LogP contribution in [-0.4, -0.2) is 65.2 Å². The summed E-state index contributed by atoms with van der Waals surface area (Å²) < 4.78 is 74.2. The van der Waals surface area contributed by atoms with E-state index in [1.807, 2.05) is 0 Å². The second kappa shape index (κ2) is 8.33. The number of hydrogen-bond acceptors (Lipinski definition) is 9. The number of esters is 3. The second-order valence-corrected chi connectivity index (χ2v) is 14.5. The number of carbonyl (C=O) groups excluding carboxylic acids is 3. The van der Waals surface area contributed by atoms with Crippen molar-refractivity contribution in [1.29, 1.82) is 0 Å². The molecule has 0 aromatic heterocycles. The van der Waals surface area contributed by atoms with Crippen LogP contribution in [0.1, 0.15) is 70.6 Å². The van der Waals surface area contributed by atoms with E-state index in [-0.39, 0.29) is 18.8 Å². The monoisotopic (exact) mass is 562 g/mol. The molecule has 2 N–H and O–H groups in total. The van der Waals surface area contributed by atoms with Gasteiger partial charge >= 0.3 is 33.3 Å². The molecule has 4 unspecified atom stereocenters. The minimum Gasteiger partial charge on any atom is -0.456 e. The topological polar surface area (TPSA) is 154 Å². The van der Waals surface area contributed by atoms with E-state index in [4.69, 9.17) is 18.8 Å². The van der Waals surface area contributed by atoms with Gasteiger partial charge < -0.3 is 19.3 Å². The average Bonchev–Trinajstić information content (AvgIpc) is 2.76. The van der Waals surface area contributed by atoms with Gasteiger partial charge in [0, 0.05) is 6.42 Å². The summed E-state index contributed by atoms with van der Waals surface area (Å²) in [4.78, 5) is 37.9. The molecule has 0 amide bonds. The summed E-state index contributed by atoms with van der Waals surface area (Å²) in [7, 11) is -5.98. The SMILES string of the molecule is O=C(COC(=O)C12CC3CC(C1)C(OC(=O)C(F)(F)S(=O)(=O)O)C(C3)C2)OC12CC3CC(CC(O)(C3)C1)C2. The Labute approximate surface area is 218 Å². The maximum Gasteiger partial charge on any atom is 0.465 e. The lowest BCUT2D eigenvalue weighted by Crippen LogP contribution is -2.60. The van der Waals surface area contributed by atoms with E-state index in [0.717, 1.165) is 19.3 Å². The Balaban J connectivity index is 1.07. The zero-order valence-electron chi connectivity index (χ0n) is 20.8. The first-order valence-electron chi connectivity index (χ1n) is 13.3. The number of rotatable bonds is 7. The predicted octanol–water partition coefficient (Wildman–Crippen LogP) is 2.38. The molecule has 4 atom stereocenters. The van der Waals surface area contributed by atoms with Gasteiger partial charge in [0.25, 0.3) is 0 Å². The van der Waals surface area contributed by atoms with Crippen molar-refractivity contribution in [3.63, 3.8) is 0 Å². The molecular weight excluding hydrogens is 530 g/mol. The summed E-state index contributed by atoms with van der Waals surface area (Å²) >= 11 is 0. The van der Waals surface area contributed by atoms with Crippen molar-refractivity contribution in [3.8, 4) is 0 Å². The van der Waals surface area contributed by atoms with E-state index in [2.05, 4.69) is 0 Å². The summed E-state index contributed by atoms with van der Waals surface area (Å²) in [6.07, 6.45) is 5.26. The van der Waals surface area contributed by atoms with E-state index in [0.29, 0.717) is 50.4 Å². The van der Waals surface area contributed by atoms with Gasteiger partial charge in [0.15, 0.2) is 6.61 Å². The molecular formula is C25H32F2O10S. The number of carbonyl (C=O) groups is 3. The lowest BCUT2D eigenvalue weighted by atomic mass is 9.48. The molecule has 0 heterocycles. The van der Waals surface area contributed by atoms with Crippen molar-refractivity contribution in [3.05, 3.63) is 0 Å². The Morgan fingerprint density at radius 1 is 0.895 bits per heavy atom. The molecule has 0 radical (unpaired) electrons. The van der Waals surface area contributed by atoms with Crippen LogP contribution in [0.15, 0.2) is 0 Å². The average molecular weight is 563 g/mol. The molecule has 0 aromatic carbocycles. The minimum atomic E-state index is -5.98. The third kappa shape index (κ3) is 4.23. The highest BCUT2D eigenvalue weighted by Crippen LogP contribution is 2.62. The molecule has 8 aliphatic carbocycles. The van der Waals surface area contributed by atoms with Gasteiger partial charge in [-0.3, -0.25) is 9.35 Å². The maximum atomic E-state index is 13.8. The van der Waals surface area contributed by atoms with Crippen molar-refractivity contribution < 1.29 is 55.5 Å². The van der Waals surface area contributed by atoms with Crippen LogP contribution in [0.2, 0.25) is 0 Å². The first-order chi connectivity index (χ1) is 17.6. The Bertz CT molecular complexity index is 1140. The Kier molecular flexibility index (Phi) is 5.78. The van der Waals surface area contributed by atoms with Crippen molar-refractivity contribution in [1.82, 2.24) is 0 Å². The molecule has 212 valence electrons. The molecule has 10 nitrogen and oxygen atoms in total. The van der Waals surface area contributed by atoms with Crippen molar-refractivity contribution >= 4 is 28.0 Å². The van der Waals surface area contributed by atoms with Crippen LogP contribution in [0.4, 0.5) is 8.78 Å². The molecule has 8 rings (SSSR count). The van der Waals surface area contributed by atoms with Crippen LogP contribution in [0.3, 0.4) is 0 Å². The Hall–Kier alpha value is -1.86.